The van der Waals surface area contributed by atoms with Crippen LogP contribution in [0.25, 0.3) is 0 Å². The van der Waals surface area contributed by atoms with Gasteiger partial charge in [-0.2, -0.15) is 11.8 Å². The number of carbonyl (C=O) groups excluding carboxylic acids is 2. The van der Waals surface area contributed by atoms with Crippen molar-refractivity contribution in [2.24, 2.45) is 34.5 Å². The molecule has 4 nitrogen and oxygen atoms in total. The van der Waals surface area contributed by atoms with E-state index in [4.69, 9.17) is 4.74 Å². The Labute approximate surface area is 204 Å². The lowest BCUT2D eigenvalue weighted by atomic mass is 9.45. The first-order valence-corrected chi connectivity index (χ1v) is 14.1. The first-order chi connectivity index (χ1) is 15.4. The van der Waals surface area contributed by atoms with Gasteiger partial charge in [-0.15, -0.1) is 0 Å². The summed E-state index contributed by atoms with van der Waals surface area (Å²) in [5.41, 5.74) is 2.61. The van der Waals surface area contributed by atoms with Crippen molar-refractivity contribution in [1.29, 1.82) is 0 Å². The summed E-state index contributed by atoms with van der Waals surface area (Å²) in [4.78, 5) is 24.7. The largest absolute Gasteiger partial charge is 0.444 e. The third-order valence-electron chi connectivity index (χ3n) is 9.18. The molecule has 0 aliphatic heterocycles. The first kappa shape index (κ1) is 24.9. The molecular formula is C28H43NO3S. The number of carbonyl (C=O) groups is 2. The van der Waals surface area contributed by atoms with E-state index in [-0.39, 0.29) is 16.9 Å². The zero-order chi connectivity index (χ0) is 24.0. The van der Waals surface area contributed by atoms with Gasteiger partial charge in [-0.1, -0.05) is 37.6 Å². The van der Waals surface area contributed by atoms with Crippen molar-refractivity contribution in [2.45, 2.75) is 85.2 Å². The molecule has 3 fully saturated rings. The summed E-state index contributed by atoms with van der Waals surface area (Å²) in [6.07, 6.45) is 9.77. The van der Waals surface area contributed by atoms with Gasteiger partial charge in [0.15, 0.2) is 0 Å². The van der Waals surface area contributed by atoms with Crippen LogP contribution in [0.4, 0.5) is 4.79 Å². The fourth-order valence-corrected chi connectivity index (χ4v) is 8.58. The van der Waals surface area contributed by atoms with E-state index in [1.807, 2.05) is 32.5 Å². The number of hydrogen-bond donors (Lipinski definition) is 1. The molecule has 0 aromatic heterocycles. The Morgan fingerprint density at radius 1 is 1.18 bits per heavy atom. The highest BCUT2D eigenvalue weighted by molar-refractivity contribution is 7.99. The van der Waals surface area contributed by atoms with Crippen molar-refractivity contribution in [3.63, 3.8) is 0 Å². The molecule has 4 aliphatic rings. The third-order valence-corrected chi connectivity index (χ3v) is 10.3. The Bertz CT molecular complexity index is 843. The van der Waals surface area contributed by atoms with Crippen LogP contribution < -0.4 is 5.32 Å². The van der Waals surface area contributed by atoms with Crippen LogP contribution >= 0.6 is 11.8 Å². The van der Waals surface area contributed by atoms with Crippen LogP contribution in [0, 0.1) is 34.5 Å². The SMILES string of the molecule is C=C1C=C2C(CSCCNC(=O)OC(C)(C)C)CC3C4CCC(=O)C4(C)CCC3C2(C)CC1. The molecule has 0 heterocycles. The molecule has 5 heteroatoms. The molecule has 1 N–H and O–H groups in total. The number of fused-ring (bicyclic) bond motifs is 5. The fourth-order valence-electron chi connectivity index (χ4n) is 7.56. The molecule has 4 rings (SSSR count). The summed E-state index contributed by atoms with van der Waals surface area (Å²) in [6.45, 7) is 15.4. The normalized spacial score (nSPS) is 38.2. The van der Waals surface area contributed by atoms with Gasteiger partial charge in [0.2, 0.25) is 0 Å². The second-order valence-corrected chi connectivity index (χ2v) is 13.6. The maximum absolute atomic E-state index is 12.8. The number of thioether (sulfide) groups is 1. The number of amides is 1. The average molecular weight is 474 g/mol. The second-order valence-electron chi connectivity index (χ2n) is 12.4. The maximum Gasteiger partial charge on any atom is 0.407 e. The molecule has 6 atom stereocenters. The van der Waals surface area contributed by atoms with Gasteiger partial charge in [0, 0.05) is 24.1 Å². The Morgan fingerprint density at radius 2 is 1.91 bits per heavy atom. The molecule has 0 saturated heterocycles. The molecule has 33 heavy (non-hydrogen) atoms. The van der Waals surface area contributed by atoms with Crippen LogP contribution in [0.15, 0.2) is 23.8 Å². The summed E-state index contributed by atoms with van der Waals surface area (Å²) in [5.74, 6) is 4.95. The Balaban J connectivity index is 1.43. The van der Waals surface area contributed by atoms with Crippen molar-refractivity contribution in [3.8, 4) is 0 Å². The van der Waals surface area contributed by atoms with Crippen LogP contribution in [-0.2, 0) is 9.53 Å². The lowest BCUT2D eigenvalue weighted by Crippen LogP contribution is -2.52. The number of ketones is 1. The minimum atomic E-state index is -0.466. The van der Waals surface area contributed by atoms with Crippen molar-refractivity contribution < 1.29 is 14.3 Å². The lowest BCUT2D eigenvalue weighted by Gasteiger charge is -2.59. The quantitative estimate of drug-likeness (QED) is 0.460. The van der Waals surface area contributed by atoms with E-state index in [1.54, 1.807) is 5.57 Å². The summed E-state index contributed by atoms with van der Waals surface area (Å²) in [5, 5.41) is 2.88. The highest BCUT2D eigenvalue weighted by Gasteiger charge is 2.60. The number of Topliss-reactive ketones (excluding diaryl/α,β-unsaturated/α-hetero) is 1. The topological polar surface area (TPSA) is 55.4 Å². The molecule has 1 amide bonds. The standard InChI is InChI=1S/C28H43NO3S/c1-18-9-11-27(5)22-10-12-28(6)21(7-8-24(28)30)20(22)16-19(23(27)15-18)17-33-14-13-29-25(31)32-26(2,3)4/h15,19-22H,1,7-14,16-17H2,2-6H3,(H,29,31). The van der Waals surface area contributed by atoms with Gasteiger partial charge in [0.05, 0.1) is 0 Å². The van der Waals surface area contributed by atoms with Crippen LogP contribution in [-0.4, -0.2) is 35.5 Å². The molecule has 6 unspecified atom stereocenters. The van der Waals surface area contributed by atoms with Crippen molar-refractivity contribution in [3.05, 3.63) is 23.8 Å². The minimum Gasteiger partial charge on any atom is -0.444 e. The molecule has 0 aromatic carbocycles. The Kier molecular flexibility index (Phi) is 6.85. The number of rotatable bonds is 5. The predicted molar refractivity (Wildman–Crippen MR) is 136 cm³/mol. The van der Waals surface area contributed by atoms with Gasteiger partial charge in [-0.05, 0) is 94.1 Å². The fraction of sp³-hybridized carbons (Fsp3) is 0.786. The van der Waals surface area contributed by atoms with Crippen LogP contribution in [0.2, 0.25) is 0 Å². The highest BCUT2D eigenvalue weighted by Crippen LogP contribution is 2.66. The monoisotopic (exact) mass is 473 g/mol. The molecule has 0 bridgehead atoms. The Hall–Kier alpha value is -1.23. The van der Waals surface area contributed by atoms with E-state index in [2.05, 4.69) is 31.8 Å². The zero-order valence-corrected chi connectivity index (χ0v) is 22.1. The zero-order valence-electron chi connectivity index (χ0n) is 21.3. The molecular weight excluding hydrogens is 430 g/mol. The minimum absolute atomic E-state index is 0.0773. The van der Waals surface area contributed by atoms with Crippen molar-refractivity contribution >= 4 is 23.6 Å². The number of hydrogen-bond acceptors (Lipinski definition) is 4. The van der Waals surface area contributed by atoms with Gasteiger partial charge in [0.1, 0.15) is 11.4 Å². The van der Waals surface area contributed by atoms with Gasteiger partial charge >= 0.3 is 6.09 Å². The molecule has 0 radical (unpaired) electrons. The van der Waals surface area contributed by atoms with Crippen LogP contribution in [0.5, 0.6) is 0 Å². The summed E-state index contributed by atoms with van der Waals surface area (Å²) < 4.78 is 5.34. The molecule has 3 saturated carbocycles. The summed E-state index contributed by atoms with van der Waals surface area (Å²) >= 11 is 1.93. The lowest BCUT2D eigenvalue weighted by molar-refractivity contribution is -0.132. The van der Waals surface area contributed by atoms with E-state index in [0.717, 1.165) is 37.2 Å². The second kappa shape index (κ2) is 9.09. The van der Waals surface area contributed by atoms with Crippen molar-refractivity contribution in [1.82, 2.24) is 5.32 Å². The van der Waals surface area contributed by atoms with Gasteiger partial charge in [-0.25, -0.2) is 4.79 Å². The van der Waals surface area contributed by atoms with E-state index >= 15 is 0 Å². The van der Waals surface area contributed by atoms with Crippen LogP contribution in [0.1, 0.15) is 79.6 Å². The van der Waals surface area contributed by atoms with Gasteiger partial charge in [-0.3, -0.25) is 4.79 Å². The molecule has 4 aliphatic carbocycles. The van der Waals surface area contributed by atoms with Crippen molar-refractivity contribution in [2.75, 3.05) is 18.1 Å². The molecule has 0 spiro atoms. The maximum atomic E-state index is 12.8. The molecule has 0 aromatic rings. The number of ether oxygens (including phenoxy) is 1. The average Bonchev–Trinajstić information content (AvgIpc) is 3.02. The number of allylic oxidation sites excluding steroid dienone is 3. The smallest absolute Gasteiger partial charge is 0.407 e. The number of nitrogens with one attached hydrogen (secondary N) is 1. The van der Waals surface area contributed by atoms with Crippen LogP contribution in [0.3, 0.4) is 0 Å². The van der Waals surface area contributed by atoms with E-state index in [9.17, 15) is 9.59 Å². The van der Waals surface area contributed by atoms with Gasteiger partial charge in [0.25, 0.3) is 0 Å². The third kappa shape index (κ3) is 4.81. The van der Waals surface area contributed by atoms with E-state index in [1.165, 1.54) is 24.8 Å². The predicted octanol–water partition coefficient (Wildman–Crippen LogP) is 6.56. The highest BCUT2D eigenvalue weighted by atomic mass is 32.2. The first-order valence-electron chi connectivity index (χ1n) is 12.9. The summed E-state index contributed by atoms with van der Waals surface area (Å²) in [7, 11) is 0. The number of alkyl carbamates (subject to hydrolysis) is 1. The van der Waals surface area contributed by atoms with Gasteiger partial charge < -0.3 is 10.1 Å². The molecule has 184 valence electrons. The Morgan fingerprint density at radius 3 is 2.64 bits per heavy atom. The summed E-state index contributed by atoms with van der Waals surface area (Å²) in [6, 6.07) is 0. The van der Waals surface area contributed by atoms with E-state index < -0.39 is 5.60 Å². The van der Waals surface area contributed by atoms with E-state index in [0.29, 0.717) is 36.0 Å².